The highest BCUT2D eigenvalue weighted by Crippen LogP contribution is 2.19. The predicted octanol–water partition coefficient (Wildman–Crippen LogP) is 0.334. The fourth-order valence-electron chi connectivity index (χ4n) is 1.55. The summed E-state index contributed by atoms with van der Waals surface area (Å²) < 4.78 is 0. The minimum absolute atomic E-state index is 0.0603. The van der Waals surface area contributed by atoms with E-state index in [0.29, 0.717) is 12.3 Å². The highest BCUT2D eigenvalue weighted by molar-refractivity contribution is 5.83. The zero-order valence-electron chi connectivity index (χ0n) is 8.16. The first-order valence-corrected chi connectivity index (χ1v) is 4.90. The van der Waals surface area contributed by atoms with E-state index in [0.717, 1.165) is 19.3 Å². The monoisotopic (exact) mass is 196 g/mol. The Morgan fingerprint density at radius 2 is 2.29 bits per heavy atom. The summed E-state index contributed by atoms with van der Waals surface area (Å²) >= 11 is 0. The van der Waals surface area contributed by atoms with Gasteiger partial charge in [-0.05, 0) is 25.2 Å². The second kappa shape index (κ2) is 5.42. The lowest BCUT2D eigenvalue weighted by molar-refractivity contribution is -0.125. The number of carbonyl (C=O) groups excluding carboxylic acids is 2. The van der Waals surface area contributed by atoms with Crippen molar-refractivity contribution in [1.29, 1.82) is 0 Å². The minimum atomic E-state index is -0.502. The molecular formula is C10H16N2O2. The zero-order chi connectivity index (χ0) is 10.4. The molecule has 3 N–H and O–H groups in total. The largest absolute Gasteiger partial charge is 0.368 e. The molecule has 1 aliphatic rings. The molecule has 0 aromatic heterocycles. The Balaban J connectivity index is 2.22. The summed E-state index contributed by atoms with van der Waals surface area (Å²) in [6.07, 6.45) is 7.96. The number of hydrogen-bond acceptors (Lipinski definition) is 2. The average molecular weight is 196 g/mol. The van der Waals surface area contributed by atoms with Gasteiger partial charge in [-0.1, -0.05) is 12.2 Å². The molecule has 2 amide bonds. The van der Waals surface area contributed by atoms with Crippen molar-refractivity contribution >= 4 is 11.8 Å². The van der Waals surface area contributed by atoms with Crippen molar-refractivity contribution in [2.45, 2.75) is 25.7 Å². The summed E-state index contributed by atoms with van der Waals surface area (Å²) in [6, 6.07) is 0. The van der Waals surface area contributed by atoms with Gasteiger partial charge >= 0.3 is 0 Å². The van der Waals surface area contributed by atoms with Gasteiger partial charge in [0.15, 0.2) is 0 Å². The number of rotatable bonds is 4. The molecule has 0 aromatic carbocycles. The summed E-state index contributed by atoms with van der Waals surface area (Å²) in [6.45, 7) is -0.0603. The van der Waals surface area contributed by atoms with Crippen LogP contribution in [0.1, 0.15) is 25.7 Å². The van der Waals surface area contributed by atoms with Crippen LogP contribution in [0.3, 0.4) is 0 Å². The van der Waals surface area contributed by atoms with Crippen molar-refractivity contribution in [2.75, 3.05) is 6.54 Å². The third-order valence-corrected chi connectivity index (χ3v) is 2.26. The second-order valence-corrected chi connectivity index (χ2v) is 3.57. The third-order valence-electron chi connectivity index (χ3n) is 2.26. The van der Waals surface area contributed by atoms with Crippen molar-refractivity contribution < 1.29 is 9.59 Å². The molecule has 78 valence electrons. The smallest absolute Gasteiger partial charge is 0.236 e. The van der Waals surface area contributed by atoms with E-state index >= 15 is 0 Å². The molecule has 0 fully saturated rings. The Kier molecular flexibility index (Phi) is 4.16. The van der Waals surface area contributed by atoms with Crippen LogP contribution >= 0.6 is 0 Å². The predicted molar refractivity (Wildman–Crippen MR) is 53.3 cm³/mol. The summed E-state index contributed by atoms with van der Waals surface area (Å²) in [5, 5.41) is 2.48. The van der Waals surface area contributed by atoms with Crippen LogP contribution in [0, 0.1) is 5.92 Å². The van der Waals surface area contributed by atoms with Crippen molar-refractivity contribution in [3.05, 3.63) is 12.2 Å². The summed E-state index contributed by atoms with van der Waals surface area (Å²) in [5.41, 5.74) is 4.91. The number of hydrogen-bond donors (Lipinski definition) is 2. The molecule has 0 saturated heterocycles. The van der Waals surface area contributed by atoms with Crippen LogP contribution in [-0.2, 0) is 9.59 Å². The average Bonchev–Trinajstić information content (AvgIpc) is 2.16. The Morgan fingerprint density at radius 1 is 1.50 bits per heavy atom. The quantitative estimate of drug-likeness (QED) is 0.636. The number of nitrogens with one attached hydrogen (secondary N) is 1. The van der Waals surface area contributed by atoms with Gasteiger partial charge in [0.2, 0.25) is 11.8 Å². The van der Waals surface area contributed by atoms with Crippen LogP contribution < -0.4 is 11.1 Å². The number of nitrogens with two attached hydrogens (primary N) is 1. The standard InChI is InChI=1S/C10H16N2O2/c11-9(13)7-12-10(14)6-8-4-2-1-3-5-8/h2,4,8H,1,3,5-7H2,(H2,11,13)(H,12,14). The van der Waals surface area contributed by atoms with Gasteiger partial charge in [-0.3, -0.25) is 9.59 Å². The zero-order valence-corrected chi connectivity index (χ0v) is 8.16. The molecule has 14 heavy (non-hydrogen) atoms. The molecule has 4 nitrogen and oxygen atoms in total. The van der Waals surface area contributed by atoms with E-state index in [9.17, 15) is 9.59 Å². The second-order valence-electron chi connectivity index (χ2n) is 3.57. The summed E-state index contributed by atoms with van der Waals surface area (Å²) in [5.74, 6) is -0.269. The number of allylic oxidation sites excluding steroid dienone is 2. The Labute approximate surface area is 83.5 Å². The molecule has 0 bridgehead atoms. The van der Waals surface area contributed by atoms with Crippen LogP contribution in [0.2, 0.25) is 0 Å². The highest BCUT2D eigenvalue weighted by atomic mass is 16.2. The van der Waals surface area contributed by atoms with Gasteiger partial charge in [-0.2, -0.15) is 0 Å². The van der Waals surface area contributed by atoms with Crippen molar-refractivity contribution in [3.8, 4) is 0 Å². The normalized spacial score (nSPS) is 20.4. The van der Waals surface area contributed by atoms with E-state index in [1.54, 1.807) is 0 Å². The Hall–Kier alpha value is -1.32. The van der Waals surface area contributed by atoms with E-state index in [2.05, 4.69) is 17.5 Å². The van der Waals surface area contributed by atoms with E-state index in [4.69, 9.17) is 5.73 Å². The maximum atomic E-state index is 11.3. The first-order chi connectivity index (χ1) is 6.68. The van der Waals surface area contributed by atoms with Crippen LogP contribution in [0.15, 0.2) is 12.2 Å². The molecule has 1 aliphatic carbocycles. The van der Waals surface area contributed by atoms with Crippen LogP contribution in [0.25, 0.3) is 0 Å². The number of carbonyl (C=O) groups is 2. The number of amides is 2. The molecule has 0 spiro atoms. The molecule has 4 heteroatoms. The van der Waals surface area contributed by atoms with Gasteiger partial charge in [-0.25, -0.2) is 0 Å². The van der Waals surface area contributed by atoms with E-state index in [1.165, 1.54) is 0 Å². The van der Waals surface area contributed by atoms with Gasteiger partial charge in [0.05, 0.1) is 6.54 Å². The van der Waals surface area contributed by atoms with Gasteiger partial charge in [-0.15, -0.1) is 0 Å². The topological polar surface area (TPSA) is 72.2 Å². The molecule has 1 unspecified atom stereocenters. The van der Waals surface area contributed by atoms with E-state index in [1.807, 2.05) is 0 Å². The van der Waals surface area contributed by atoms with Crippen LogP contribution in [-0.4, -0.2) is 18.4 Å². The molecule has 0 aromatic rings. The van der Waals surface area contributed by atoms with Gasteiger partial charge < -0.3 is 11.1 Å². The van der Waals surface area contributed by atoms with Crippen molar-refractivity contribution in [3.63, 3.8) is 0 Å². The molecule has 0 radical (unpaired) electrons. The maximum Gasteiger partial charge on any atom is 0.236 e. The van der Waals surface area contributed by atoms with Gasteiger partial charge in [0, 0.05) is 6.42 Å². The van der Waals surface area contributed by atoms with Crippen molar-refractivity contribution in [2.24, 2.45) is 11.7 Å². The Bertz CT molecular complexity index is 249. The van der Waals surface area contributed by atoms with Gasteiger partial charge in [0.25, 0.3) is 0 Å². The number of primary amides is 1. The third kappa shape index (κ3) is 4.07. The molecular weight excluding hydrogens is 180 g/mol. The fraction of sp³-hybridized carbons (Fsp3) is 0.600. The SMILES string of the molecule is NC(=O)CNC(=O)CC1C=CCCC1. The van der Waals surface area contributed by atoms with Crippen LogP contribution in [0.5, 0.6) is 0 Å². The van der Waals surface area contributed by atoms with Crippen LogP contribution in [0.4, 0.5) is 0 Å². The molecule has 0 heterocycles. The summed E-state index contributed by atoms with van der Waals surface area (Å²) in [4.78, 5) is 21.7. The first-order valence-electron chi connectivity index (χ1n) is 4.90. The molecule has 1 rings (SSSR count). The van der Waals surface area contributed by atoms with Gasteiger partial charge in [0.1, 0.15) is 0 Å². The molecule has 0 aliphatic heterocycles. The lowest BCUT2D eigenvalue weighted by Gasteiger charge is -2.15. The lowest BCUT2D eigenvalue weighted by atomic mass is 9.93. The first kappa shape index (κ1) is 10.8. The minimum Gasteiger partial charge on any atom is -0.368 e. The maximum absolute atomic E-state index is 11.3. The Morgan fingerprint density at radius 3 is 2.86 bits per heavy atom. The lowest BCUT2D eigenvalue weighted by Crippen LogP contribution is -2.34. The van der Waals surface area contributed by atoms with Crippen molar-refractivity contribution in [1.82, 2.24) is 5.32 Å². The summed E-state index contributed by atoms with van der Waals surface area (Å²) in [7, 11) is 0. The highest BCUT2D eigenvalue weighted by Gasteiger charge is 2.13. The van der Waals surface area contributed by atoms with E-state index in [-0.39, 0.29) is 12.5 Å². The molecule has 0 saturated carbocycles. The van der Waals surface area contributed by atoms with E-state index < -0.39 is 5.91 Å². The molecule has 1 atom stereocenters. The fourth-order valence-corrected chi connectivity index (χ4v) is 1.55.